The second-order valence-electron chi connectivity index (χ2n) is 7.55. The van der Waals surface area contributed by atoms with Gasteiger partial charge >= 0.3 is 6.18 Å². The van der Waals surface area contributed by atoms with Crippen LogP contribution in [0.4, 0.5) is 13.2 Å². The van der Waals surface area contributed by atoms with Gasteiger partial charge in [-0.1, -0.05) is 24.3 Å². The molecule has 2 aromatic carbocycles. The van der Waals surface area contributed by atoms with Gasteiger partial charge in [-0.25, -0.2) is 4.98 Å². The number of rotatable bonds is 4. The zero-order valence-electron chi connectivity index (χ0n) is 18.1. The molecule has 5 nitrogen and oxygen atoms in total. The SMILES string of the molecule is CCOc1ccccc1-n1c(=S)[nH]c(=O)c2c(C(F)(F)F)cc(-c3ccc(C)c(C)c3)nc21. The Morgan fingerprint density at radius 1 is 1.09 bits per heavy atom. The first-order chi connectivity index (χ1) is 15.6. The van der Waals surface area contributed by atoms with Gasteiger partial charge in [-0.15, -0.1) is 0 Å². The molecule has 2 heterocycles. The molecule has 9 heteroatoms. The van der Waals surface area contributed by atoms with E-state index in [1.807, 2.05) is 19.9 Å². The van der Waals surface area contributed by atoms with Gasteiger partial charge in [-0.05, 0) is 68.4 Å². The highest BCUT2D eigenvalue weighted by atomic mass is 32.1. The van der Waals surface area contributed by atoms with Crippen LogP contribution in [0.3, 0.4) is 0 Å². The lowest BCUT2D eigenvalue weighted by Gasteiger charge is -2.18. The van der Waals surface area contributed by atoms with Gasteiger partial charge in [0.25, 0.3) is 5.56 Å². The maximum absolute atomic E-state index is 14.1. The number of pyridine rings is 1. The number of halogens is 3. The first-order valence-electron chi connectivity index (χ1n) is 10.2. The number of hydrogen-bond acceptors (Lipinski definition) is 4. The standard InChI is InChI=1S/C24H20F3N3O2S/c1-4-32-19-8-6-5-7-18(19)30-21-20(22(31)29-23(30)33)16(24(25,26)27)12-17(28-21)15-10-9-13(2)14(3)11-15/h5-12H,4H2,1-3H3,(H,29,31,33). The van der Waals surface area contributed by atoms with E-state index in [1.165, 1.54) is 4.57 Å². The fraction of sp³-hybridized carbons (Fsp3) is 0.208. The van der Waals surface area contributed by atoms with Crippen molar-refractivity contribution in [3.8, 4) is 22.7 Å². The fourth-order valence-electron chi connectivity index (χ4n) is 3.64. The first-order valence-corrected chi connectivity index (χ1v) is 10.6. The van der Waals surface area contributed by atoms with Crippen LogP contribution in [-0.2, 0) is 6.18 Å². The Balaban J connectivity index is 2.18. The summed E-state index contributed by atoms with van der Waals surface area (Å²) < 4.78 is 49.3. The Bertz CT molecular complexity index is 1490. The molecule has 0 saturated heterocycles. The molecule has 0 amide bonds. The van der Waals surface area contributed by atoms with E-state index >= 15 is 0 Å². The topological polar surface area (TPSA) is 59.9 Å². The lowest BCUT2D eigenvalue weighted by molar-refractivity contribution is -0.136. The van der Waals surface area contributed by atoms with E-state index in [0.717, 1.165) is 17.2 Å². The lowest BCUT2D eigenvalue weighted by atomic mass is 10.0. The fourth-order valence-corrected chi connectivity index (χ4v) is 3.92. The largest absolute Gasteiger partial charge is 0.492 e. The zero-order chi connectivity index (χ0) is 23.9. The average Bonchev–Trinajstić information content (AvgIpc) is 2.75. The number of nitrogens with zero attached hydrogens (tertiary/aromatic N) is 2. The molecular weight excluding hydrogens is 451 g/mol. The van der Waals surface area contributed by atoms with Crippen LogP contribution in [0.15, 0.2) is 53.3 Å². The maximum atomic E-state index is 14.1. The van der Waals surface area contributed by atoms with Crippen molar-refractivity contribution in [2.24, 2.45) is 0 Å². The molecule has 0 aliphatic heterocycles. The van der Waals surface area contributed by atoms with Crippen molar-refractivity contribution < 1.29 is 17.9 Å². The minimum absolute atomic E-state index is 0.0839. The van der Waals surface area contributed by atoms with Gasteiger partial charge in [0, 0.05) is 5.56 Å². The lowest BCUT2D eigenvalue weighted by Crippen LogP contribution is -2.20. The summed E-state index contributed by atoms with van der Waals surface area (Å²) in [5.74, 6) is 0.399. The number of ether oxygens (including phenoxy) is 1. The minimum Gasteiger partial charge on any atom is -0.492 e. The summed E-state index contributed by atoms with van der Waals surface area (Å²) in [6.45, 7) is 5.91. The van der Waals surface area contributed by atoms with E-state index in [4.69, 9.17) is 17.0 Å². The molecule has 0 radical (unpaired) electrons. The van der Waals surface area contributed by atoms with Crippen molar-refractivity contribution in [3.63, 3.8) is 0 Å². The van der Waals surface area contributed by atoms with Crippen molar-refractivity contribution in [2.45, 2.75) is 26.9 Å². The summed E-state index contributed by atoms with van der Waals surface area (Å²) in [5, 5.41) is -0.588. The minimum atomic E-state index is -4.79. The maximum Gasteiger partial charge on any atom is 0.417 e. The van der Waals surface area contributed by atoms with Crippen LogP contribution in [0.1, 0.15) is 23.6 Å². The van der Waals surface area contributed by atoms with Crippen molar-refractivity contribution in [1.82, 2.24) is 14.5 Å². The summed E-state index contributed by atoms with van der Waals surface area (Å²) in [4.78, 5) is 19.6. The van der Waals surface area contributed by atoms with Crippen LogP contribution in [0.25, 0.3) is 28.0 Å². The van der Waals surface area contributed by atoms with Crippen LogP contribution < -0.4 is 10.3 Å². The van der Waals surface area contributed by atoms with E-state index in [0.29, 0.717) is 23.6 Å². The van der Waals surface area contributed by atoms with Crippen LogP contribution in [0, 0.1) is 18.6 Å². The summed E-state index contributed by atoms with van der Waals surface area (Å²) in [6.07, 6.45) is -4.79. The predicted octanol–water partition coefficient (Wildman–Crippen LogP) is 6.14. The monoisotopic (exact) mass is 471 g/mol. The Morgan fingerprint density at radius 3 is 2.48 bits per heavy atom. The normalized spacial score (nSPS) is 11.7. The van der Waals surface area contributed by atoms with E-state index in [1.54, 1.807) is 43.3 Å². The number of benzene rings is 2. The highest BCUT2D eigenvalue weighted by Crippen LogP contribution is 2.37. The number of H-pyrrole nitrogens is 1. The highest BCUT2D eigenvalue weighted by molar-refractivity contribution is 7.71. The molecule has 0 aliphatic rings. The molecule has 0 unspecified atom stereocenters. The molecule has 2 aromatic heterocycles. The van der Waals surface area contributed by atoms with Crippen LogP contribution in [0.5, 0.6) is 5.75 Å². The summed E-state index contributed by atoms with van der Waals surface area (Å²) in [7, 11) is 0. The Kier molecular flexibility index (Phi) is 5.84. The number of fused-ring (bicyclic) bond motifs is 1. The molecule has 4 rings (SSSR count). The smallest absolute Gasteiger partial charge is 0.417 e. The molecule has 4 aromatic rings. The predicted molar refractivity (Wildman–Crippen MR) is 124 cm³/mol. The summed E-state index contributed by atoms with van der Waals surface area (Å²) in [5.41, 5.74) is 0.642. The Hall–Kier alpha value is -3.46. The summed E-state index contributed by atoms with van der Waals surface area (Å²) in [6, 6.07) is 13.0. The van der Waals surface area contributed by atoms with Crippen molar-refractivity contribution in [3.05, 3.63) is 80.3 Å². The van der Waals surface area contributed by atoms with Crippen molar-refractivity contribution in [1.29, 1.82) is 0 Å². The molecule has 0 fully saturated rings. The van der Waals surface area contributed by atoms with E-state index < -0.39 is 22.7 Å². The third-order valence-corrected chi connectivity index (χ3v) is 5.66. The van der Waals surface area contributed by atoms with Crippen molar-refractivity contribution in [2.75, 3.05) is 6.61 Å². The van der Waals surface area contributed by atoms with Gasteiger partial charge in [-0.2, -0.15) is 13.2 Å². The Labute approximate surface area is 192 Å². The molecule has 0 bridgehead atoms. The van der Waals surface area contributed by atoms with Gasteiger partial charge in [0.15, 0.2) is 10.4 Å². The first kappa shape index (κ1) is 22.7. The third-order valence-electron chi connectivity index (χ3n) is 5.38. The molecule has 1 N–H and O–H groups in total. The van der Waals surface area contributed by atoms with E-state index in [2.05, 4.69) is 9.97 Å². The quantitative estimate of drug-likeness (QED) is 0.363. The number of aromatic amines is 1. The zero-order valence-corrected chi connectivity index (χ0v) is 18.9. The van der Waals surface area contributed by atoms with Gasteiger partial charge in [-0.3, -0.25) is 14.3 Å². The summed E-state index contributed by atoms with van der Waals surface area (Å²) >= 11 is 5.36. The molecule has 33 heavy (non-hydrogen) atoms. The van der Waals surface area contributed by atoms with Crippen molar-refractivity contribution >= 4 is 23.3 Å². The Morgan fingerprint density at radius 2 is 1.82 bits per heavy atom. The number of aromatic nitrogens is 3. The molecule has 0 atom stereocenters. The second kappa shape index (κ2) is 8.47. The third kappa shape index (κ3) is 4.16. The second-order valence-corrected chi connectivity index (χ2v) is 7.93. The van der Waals surface area contributed by atoms with Crippen LogP contribution in [-0.4, -0.2) is 21.1 Å². The molecule has 170 valence electrons. The number of nitrogens with one attached hydrogen (secondary N) is 1. The van der Waals surface area contributed by atoms with Gasteiger partial charge < -0.3 is 4.74 Å². The number of alkyl halides is 3. The van der Waals surface area contributed by atoms with Gasteiger partial charge in [0.1, 0.15) is 5.75 Å². The average molecular weight is 472 g/mol. The van der Waals surface area contributed by atoms with Gasteiger partial charge in [0.05, 0.1) is 28.9 Å². The van der Waals surface area contributed by atoms with Crippen LogP contribution >= 0.6 is 12.2 Å². The molecule has 0 saturated carbocycles. The van der Waals surface area contributed by atoms with E-state index in [-0.39, 0.29) is 16.1 Å². The highest BCUT2D eigenvalue weighted by Gasteiger charge is 2.36. The molecule has 0 aliphatic carbocycles. The molecule has 0 spiro atoms. The van der Waals surface area contributed by atoms with E-state index in [9.17, 15) is 18.0 Å². The molecular formula is C24H20F3N3O2S. The number of hydrogen-bond donors (Lipinski definition) is 1. The number of para-hydroxylation sites is 2. The van der Waals surface area contributed by atoms with Gasteiger partial charge in [0.2, 0.25) is 0 Å². The van der Waals surface area contributed by atoms with Crippen LogP contribution in [0.2, 0.25) is 0 Å². The number of aryl methyl sites for hydroxylation is 2.